The molecule has 0 N–H and O–H groups in total. The molecule has 1 fully saturated rings. The Morgan fingerprint density at radius 1 is 1.61 bits per heavy atom. The Bertz CT molecular complexity index is 419. The van der Waals surface area contributed by atoms with Crippen molar-refractivity contribution in [1.82, 2.24) is 4.98 Å². The van der Waals surface area contributed by atoms with Gasteiger partial charge in [-0.2, -0.15) is 0 Å². The number of hydrogen-bond donors (Lipinski definition) is 0. The van der Waals surface area contributed by atoms with E-state index in [-0.39, 0.29) is 11.8 Å². The Morgan fingerprint density at radius 2 is 2.44 bits per heavy atom. The van der Waals surface area contributed by atoms with Crippen molar-refractivity contribution in [2.45, 2.75) is 25.4 Å². The van der Waals surface area contributed by atoms with Crippen LogP contribution in [0.4, 0.5) is 11.5 Å². The van der Waals surface area contributed by atoms with Gasteiger partial charge in [0.2, 0.25) is 5.82 Å². The van der Waals surface area contributed by atoms with Crippen molar-refractivity contribution in [2.75, 3.05) is 25.1 Å². The first-order valence-electron chi connectivity index (χ1n) is 6.10. The molecule has 1 aromatic rings. The highest BCUT2D eigenvalue weighted by atomic mass is 16.6. The molecule has 1 aliphatic heterocycles. The lowest BCUT2D eigenvalue weighted by Crippen LogP contribution is -2.34. The van der Waals surface area contributed by atoms with Gasteiger partial charge < -0.3 is 9.64 Å². The molecule has 1 aromatic heterocycles. The summed E-state index contributed by atoms with van der Waals surface area (Å²) in [5.41, 5.74) is 0.0378. The van der Waals surface area contributed by atoms with E-state index in [1.165, 1.54) is 6.07 Å². The largest absolute Gasteiger partial charge is 0.376 e. The number of anilines is 1. The molecule has 0 aromatic carbocycles. The van der Waals surface area contributed by atoms with Crippen LogP contribution in [-0.4, -0.2) is 36.2 Å². The molecule has 0 bridgehead atoms. The summed E-state index contributed by atoms with van der Waals surface area (Å²) in [6.07, 6.45) is 4.98. The van der Waals surface area contributed by atoms with Crippen molar-refractivity contribution in [3.63, 3.8) is 0 Å². The number of hydrogen-bond acceptors (Lipinski definition) is 5. The maximum absolute atomic E-state index is 10.9. The fourth-order valence-corrected chi connectivity index (χ4v) is 2.17. The molecule has 1 saturated heterocycles. The molecule has 0 amide bonds. The van der Waals surface area contributed by atoms with Crippen LogP contribution in [0.1, 0.15) is 19.3 Å². The van der Waals surface area contributed by atoms with Gasteiger partial charge in [0.05, 0.1) is 11.0 Å². The summed E-state index contributed by atoms with van der Waals surface area (Å²) in [4.78, 5) is 16.4. The average Bonchev–Trinajstić information content (AvgIpc) is 2.40. The predicted octanol–water partition coefficient (Wildman–Crippen LogP) is 2.00. The third-order valence-corrected chi connectivity index (χ3v) is 3.08. The monoisotopic (exact) mass is 251 g/mol. The van der Waals surface area contributed by atoms with Gasteiger partial charge in [-0.05, 0) is 25.3 Å². The van der Waals surface area contributed by atoms with E-state index in [1.807, 2.05) is 7.05 Å². The van der Waals surface area contributed by atoms with E-state index in [9.17, 15) is 10.1 Å². The summed E-state index contributed by atoms with van der Waals surface area (Å²) >= 11 is 0. The highest BCUT2D eigenvalue weighted by Gasteiger charge is 2.22. The zero-order valence-electron chi connectivity index (χ0n) is 10.4. The fraction of sp³-hybridized carbons (Fsp3) is 0.583. The van der Waals surface area contributed by atoms with Gasteiger partial charge in [0.15, 0.2) is 0 Å². The van der Waals surface area contributed by atoms with Crippen molar-refractivity contribution >= 4 is 11.5 Å². The number of likely N-dealkylation sites (N-methyl/N-ethyl adjacent to an activating group) is 1. The van der Waals surface area contributed by atoms with E-state index < -0.39 is 4.92 Å². The molecule has 2 rings (SSSR count). The Labute approximate surface area is 106 Å². The van der Waals surface area contributed by atoms with Crippen LogP contribution < -0.4 is 4.90 Å². The fourth-order valence-electron chi connectivity index (χ4n) is 2.17. The third-order valence-electron chi connectivity index (χ3n) is 3.08. The van der Waals surface area contributed by atoms with Crippen LogP contribution in [0.5, 0.6) is 0 Å². The molecular formula is C12H17N3O3. The van der Waals surface area contributed by atoms with Crippen LogP contribution in [-0.2, 0) is 4.74 Å². The van der Waals surface area contributed by atoms with E-state index in [2.05, 4.69) is 4.98 Å². The van der Waals surface area contributed by atoms with Gasteiger partial charge in [0.1, 0.15) is 0 Å². The molecule has 1 aliphatic rings. The normalized spacial score (nSPS) is 19.5. The number of pyridine rings is 1. The van der Waals surface area contributed by atoms with Gasteiger partial charge in [0, 0.05) is 32.5 Å². The Kier molecular flexibility index (Phi) is 4.09. The lowest BCUT2D eigenvalue weighted by atomic mass is 10.1. The zero-order valence-corrected chi connectivity index (χ0v) is 10.4. The van der Waals surface area contributed by atoms with Crippen LogP contribution in [0, 0.1) is 10.1 Å². The van der Waals surface area contributed by atoms with Crippen LogP contribution in [0.3, 0.4) is 0 Å². The molecule has 0 spiro atoms. The minimum Gasteiger partial charge on any atom is -0.376 e. The summed E-state index contributed by atoms with van der Waals surface area (Å²) in [5, 5.41) is 10.9. The number of ether oxygens (including phenoxy) is 1. The van der Waals surface area contributed by atoms with E-state index in [0.29, 0.717) is 12.4 Å². The summed E-state index contributed by atoms with van der Waals surface area (Å²) in [6.45, 7) is 1.42. The SMILES string of the molecule is CN(CC1CCCCO1)c1ncccc1[N+](=O)[O-]. The van der Waals surface area contributed by atoms with Crippen LogP contribution in [0.15, 0.2) is 18.3 Å². The minimum atomic E-state index is -0.402. The van der Waals surface area contributed by atoms with Gasteiger partial charge in [-0.15, -0.1) is 0 Å². The maximum Gasteiger partial charge on any atom is 0.311 e. The van der Waals surface area contributed by atoms with Crippen LogP contribution >= 0.6 is 0 Å². The molecule has 18 heavy (non-hydrogen) atoms. The van der Waals surface area contributed by atoms with E-state index in [0.717, 1.165) is 25.9 Å². The summed E-state index contributed by atoms with van der Waals surface area (Å²) in [5.74, 6) is 0.400. The quantitative estimate of drug-likeness (QED) is 0.604. The average molecular weight is 251 g/mol. The first-order chi connectivity index (χ1) is 8.68. The lowest BCUT2D eigenvalue weighted by Gasteiger charge is -2.27. The van der Waals surface area contributed by atoms with Gasteiger partial charge in [-0.25, -0.2) is 4.98 Å². The van der Waals surface area contributed by atoms with Crippen molar-refractivity contribution in [2.24, 2.45) is 0 Å². The van der Waals surface area contributed by atoms with Crippen molar-refractivity contribution < 1.29 is 9.66 Å². The molecule has 0 saturated carbocycles. The molecule has 0 radical (unpaired) electrons. The number of aromatic nitrogens is 1. The Balaban J connectivity index is 2.08. The number of nitro groups is 1. The lowest BCUT2D eigenvalue weighted by molar-refractivity contribution is -0.384. The zero-order chi connectivity index (χ0) is 13.0. The second-order valence-corrected chi connectivity index (χ2v) is 4.47. The van der Waals surface area contributed by atoms with Crippen LogP contribution in [0.25, 0.3) is 0 Å². The van der Waals surface area contributed by atoms with Crippen LogP contribution in [0.2, 0.25) is 0 Å². The third kappa shape index (κ3) is 2.95. The second kappa shape index (κ2) is 5.77. The minimum absolute atomic E-state index is 0.0378. The number of nitrogens with zero attached hydrogens (tertiary/aromatic N) is 3. The van der Waals surface area contributed by atoms with Gasteiger partial charge in [-0.1, -0.05) is 0 Å². The van der Waals surface area contributed by atoms with E-state index in [4.69, 9.17) is 4.74 Å². The molecule has 2 heterocycles. The number of rotatable bonds is 4. The highest BCUT2D eigenvalue weighted by Crippen LogP contribution is 2.25. The molecular weight excluding hydrogens is 234 g/mol. The van der Waals surface area contributed by atoms with Crippen molar-refractivity contribution in [3.8, 4) is 0 Å². The molecule has 6 nitrogen and oxygen atoms in total. The van der Waals surface area contributed by atoms with E-state index >= 15 is 0 Å². The first-order valence-corrected chi connectivity index (χ1v) is 6.10. The Hall–Kier alpha value is -1.69. The summed E-state index contributed by atoms with van der Waals surface area (Å²) < 4.78 is 5.63. The second-order valence-electron chi connectivity index (χ2n) is 4.47. The maximum atomic E-state index is 10.9. The van der Waals surface area contributed by atoms with Crippen molar-refractivity contribution in [1.29, 1.82) is 0 Å². The predicted molar refractivity (Wildman–Crippen MR) is 67.8 cm³/mol. The van der Waals surface area contributed by atoms with Crippen molar-refractivity contribution in [3.05, 3.63) is 28.4 Å². The topological polar surface area (TPSA) is 68.5 Å². The van der Waals surface area contributed by atoms with Gasteiger partial charge >= 0.3 is 5.69 Å². The first kappa shape index (κ1) is 12.8. The van der Waals surface area contributed by atoms with Gasteiger partial charge in [-0.3, -0.25) is 10.1 Å². The molecule has 98 valence electrons. The Morgan fingerprint density at radius 3 is 3.11 bits per heavy atom. The smallest absolute Gasteiger partial charge is 0.311 e. The van der Waals surface area contributed by atoms with E-state index in [1.54, 1.807) is 17.2 Å². The highest BCUT2D eigenvalue weighted by molar-refractivity contribution is 5.56. The summed E-state index contributed by atoms with van der Waals surface area (Å²) in [7, 11) is 1.81. The molecule has 0 aliphatic carbocycles. The molecule has 1 atom stereocenters. The molecule has 1 unspecified atom stereocenters. The van der Waals surface area contributed by atoms with Gasteiger partial charge in [0.25, 0.3) is 0 Å². The standard InChI is InChI=1S/C12H17N3O3/c1-14(9-10-5-2-3-8-18-10)12-11(15(16)17)6-4-7-13-12/h4,6-7,10H,2-3,5,8-9H2,1H3. The summed E-state index contributed by atoms with van der Waals surface area (Å²) in [6, 6.07) is 3.05. The molecule has 6 heteroatoms.